The van der Waals surface area contributed by atoms with Crippen molar-refractivity contribution in [2.75, 3.05) is 26.6 Å². The van der Waals surface area contributed by atoms with Crippen LogP contribution in [0.1, 0.15) is 25.3 Å². The number of benzene rings is 1. The van der Waals surface area contributed by atoms with E-state index < -0.39 is 18.7 Å². The molecular weight excluding hydrogens is 335 g/mol. The lowest BCUT2D eigenvalue weighted by Crippen LogP contribution is -2.26. The SMILES string of the molecule is CCOP(=O)(OCC)[C@@]12C(=O)OC[C@@H]1[C@H]2c1ccc2c(c1)OCO2. The van der Waals surface area contributed by atoms with Crippen LogP contribution in [0.4, 0.5) is 0 Å². The minimum absolute atomic E-state index is 0.177. The van der Waals surface area contributed by atoms with Crippen LogP contribution in [0, 0.1) is 5.92 Å². The van der Waals surface area contributed by atoms with Gasteiger partial charge >= 0.3 is 13.6 Å². The summed E-state index contributed by atoms with van der Waals surface area (Å²) in [7, 11) is -3.65. The number of rotatable bonds is 6. The number of cyclic esters (lactones) is 1. The summed E-state index contributed by atoms with van der Waals surface area (Å²) >= 11 is 0. The van der Waals surface area contributed by atoms with Crippen LogP contribution in [0.25, 0.3) is 0 Å². The molecule has 1 saturated carbocycles. The van der Waals surface area contributed by atoms with Gasteiger partial charge in [-0.15, -0.1) is 0 Å². The van der Waals surface area contributed by atoms with Gasteiger partial charge in [0.15, 0.2) is 16.7 Å². The summed E-state index contributed by atoms with van der Waals surface area (Å²) in [6, 6.07) is 5.51. The number of hydrogen-bond acceptors (Lipinski definition) is 7. The van der Waals surface area contributed by atoms with Crippen LogP contribution in [0.2, 0.25) is 0 Å². The van der Waals surface area contributed by atoms with Crippen LogP contribution in [0.15, 0.2) is 18.2 Å². The third-order valence-corrected chi connectivity index (χ3v) is 7.76. The molecule has 1 aromatic carbocycles. The summed E-state index contributed by atoms with van der Waals surface area (Å²) < 4.78 is 40.3. The third-order valence-electron chi connectivity index (χ3n) is 4.86. The largest absolute Gasteiger partial charge is 0.464 e. The molecule has 0 unspecified atom stereocenters. The molecule has 0 amide bonds. The molecule has 0 N–H and O–H groups in total. The maximum absolute atomic E-state index is 13.4. The second kappa shape index (κ2) is 5.48. The van der Waals surface area contributed by atoms with Crippen molar-refractivity contribution in [3.63, 3.8) is 0 Å². The Kier molecular flexibility index (Phi) is 3.64. The Labute approximate surface area is 139 Å². The van der Waals surface area contributed by atoms with E-state index in [9.17, 15) is 9.36 Å². The highest BCUT2D eigenvalue weighted by Crippen LogP contribution is 2.82. The monoisotopic (exact) mass is 354 g/mol. The Balaban J connectivity index is 1.75. The van der Waals surface area contributed by atoms with Crippen molar-refractivity contribution < 1.29 is 32.6 Å². The first-order valence-electron chi connectivity index (χ1n) is 8.04. The molecule has 1 aliphatic carbocycles. The van der Waals surface area contributed by atoms with Gasteiger partial charge in [-0.05, 0) is 31.5 Å². The molecule has 1 saturated heterocycles. The van der Waals surface area contributed by atoms with E-state index in [1.54, 1.807) is 19.9 Å². The third kappa shape index (κ3) is 1.92. The van der Waals surface area contributed by atoms with E-state index >= 15 is 0 Å². The second-order valence-corrected chi connectivity index (χ2v) is 8.21. The second-order valence-electron chi connectivity index (χ2n) is 5.95. The average molecular weight is 354 g/mol. The Morgan fingerprint density at radius 2 is 1.88 bits per heavy atom. The summed E-state index contributed by atoms with van der Waals surface area (Å²) in [4.78, 5) is 12.5. The van der Waals surface area contributed by atoms with Crippen LogP contribution >= 0.6 is 7.60 Å². The van der Waals surface area contributed by atoms with Crippen molar-refractivity contribution in [3.8, 4) is 11.5 Å². The van der Waals surface area contributed by atoms with Crippen molar-refractivity contribution in [2.24, 2.45) is 5.92 Å². The number of carbonyl (C=O) groups excluding carboxylic acids is 1. The molecule has 7 nitrogen and oxygen atoms in total. The molecule has 1 aromatic rings. The molecule has 2 fully saturated rings. The van der Waals surface area contributed by atoms with Gasteiger partial charge in [-0.1, -0.05) is 6.07 Å². The van der Waals surface area contributed by atoms with E-state index in [4.69, 9.17) is 23.3 Å². The minimum Gasteiger partial charge on any atom is -0.464 e. The number of ether oxygens (including phenoxy) is 3. The van der Waals surface area contributed by atoms with Crippen molar-refractivity contribution >= 4 is 13.6 Å². The fourth-order valence-electron chi connectivity index (χ4n) is 3.90. The topological polar surface area (TPSA) is 80.3 Å². The molecule has 0 radical (unpaired) electrons. The molecule has 2 heterocycles. The van der Waals surface area contributed by atoms with Crippen LogP contribution < -0.4 is 9.47 Å². The lowest BCUT2D eigenvalue weighted by atomic mass is 10.1. The van der Waals surface area contributed by atoms with E-state index in [1.807, 2.05) is 12.1 Å². The van der Waals surface area contributed by atoms with E-state index in [0.29, 0.717) is 11.5 Å². The molecule has 8 heteroatoms. The highest BCUT2D eigenvalue weighted by molar-refractivity contribution is 7.57. The zero-order valence-electron chi connectivity index (χ0n) is 13.5. The summed E-state index contributed by atoms with van der Waals surface area (Å²) in [5.74, 6) is 0.314. The highest BCUT2D eigenvalue weighted by Gasteiger charge is 2.84. The van der Waals surface area contributed by atoms with Crippen molar-refractivity contribution in [1.82, 2.24) is 0 Å². The van der Waals surface area contributed by atoms with Gasteiger partial charge in [0.1, 0.15) is 0 Å². The Bertz CT molecular complexity index is 723. The summed E-state index contributed by atoms with van der Waals surface area (Å²) in [6.07, 6.45) is 0. The first-order valence-corrected chi connectivity index (χ1v) is 9.58. The van der Waals surface area contributed by atoms with Crippen LogP contribution in [0.3, 0.4) is 0 Å². The fraction of sp³-hybridized carbons (Fsp3) is 0.562. The molecule has 4 rings (SSSR count). The first kappa shape index (κ1) is 15.9. The van der Waals surface area contributed by atoms with E-state index in [0.717, 1.165) is 5.56 Å². The van der Waals surface area contributed by atoms with Gasteiger partial charge < -0.3 is 23.3 Å². The number of carbonyl (C=O) groups is 1. The minimum atomic E-state index is -3.65. The van der Waals surface area contributed by atoms with Crippen LogP contribution in [0.5, 0.6) is 11.5 Å². The summed E-state index contributed by atoms with van der Waals surface area (Å²) in [5, 5.41) is -1.24. The molecular formula is C16H19O7P. The molecule has 3 aliphatic rings. The van der Waals surface area contributed by atoms with E-state index in [1.165, 1.54) is 0 Å². The lowest BCUT2D eigenvalue weighted by molar-refractivity contribution is -0.140. The van der Waals surface area contributed by atoms with E-state index in [2.05, 4.69) is 0 Å². The quantitative estimate of drug-likeness (QED) is 0.574. The van der Waals surface area contributed by atoms with Gasteiger partial charge in [-0.2, -0.15) is 0 Å². The average Bonchev–Trinajstić information content (AvgIpc) is 2.84. The predicted molar refractivity (Wildman–Crippen MR) is 83.3 cm³/mol. The van der Waals surface area contributed by atoms with Gasteiger partial charge in [0.2, 0.25) is 6.79 Å². The molecule has 0 aromatic heterocycles. The van der Waals surface area contributed by atoms with Gasteiger partial charge in [0, 0.05) is 11.8 Å². The highest BCUT2D eigenvalue weighted by atomic mass is 31.2. The van der Waals surface area contributed by atoms with Gasteiger partial charge in [0.25, 0.3) is 0 Å². The van der Waals surface area contributed by atoms with Crippen molar-refractivity contribution in [3.05, 3.63) is 23.8 Å². The molecule has 0 bridgehead atoms. The van der Waals surface area contributed by atoms with Gasteiger partial charge in [0.05, 0.1) is 19.8 Å². The van der Waals surface area contributed by atoms with Crippen molar-refractivity contribution in [1.29, 1.82) is 0 Å². The molecule has 0 spiro atoms. The van der Waals surface area contributed by atoms with Gasteiger partial charge in [-0.25, -0.2) is 0 Å². The normalized spacial score (nSPS) is 30.2. The smallest absolute Gasteiger partial charge is 0.349 e. The lowest BCUT2D eigenvalue weighted by Gasteiger charge is -2.24. The first-order chi connectivity index (χ1) is 11.6. The van der Waals surface area contributed by atoms with Crippen LogP contribution in [-0.4, -0.2) is 37.7 Å². The number of hydrogen-bond donors (Lipinski definition) is 0. The van der Waals surface area contributed by atoms with Gasteiger partial charge in [-0.3, -0.25) is 9.36 Å². The number of fused-ring (bicyclic) bond motifs is 2. The Hall–Kier alpha value is -1.56. The van der Waals surface area contributed by atoms with Crippen molar-refractivity contribution in [2.45, 2.75) is 24.9 Å². The standard InChI is InChI=1S/C16H19O7P/c1-3-22-24(18,23-4-2)16-11(8-19-15(16)17)14(16)10-5-6-12-13(7-10)21-9-20-12/h5-7,11,14H,3-4,8-9H2,1-2H3/t11-,14-,16+/m1/s1. The maximum Gasteiger partial charge on any atom is 0.349 e. The predicted octanol–water partition coefficient (Wildman–Crippen LogP) is 2.69. The molecule has 2 aliphatic heterocycles. The zero-order valence-corrected chi connectivity index (χ0v) is 14.4. The van der Waals surface area contributed by atoms with E-state index in [-0.39, 0.29) is 38.4 Å². The molecule has 3 atom stereocenters. The van der Waals surface area contributed by atoms with Crippen LogP contribution in [-0.2, 0) is 23.1 Å². The fourth-order valence-corrected chi connectivity index (χ4v) is 6.59. The Morgan fingerprint density at radius 3 is 2.58 bits per heavy atom. The zero-order chi connectivity index (χ0) is 16.9. The molecule has 130 valence electrons. The summed E-state index contributed by atoms with van der Waals surface area (Å²) in [6.45, 7) is 4.27. The Morgan fingerprint density at radius 1 is 1.17 bits per heavy atom. The molecule has 24 heavy (non-hydrogen) atoms. The summed E-state index contributed by atoms with van der Waals surface area (Å²) in [5.41, 5.74) is 0.862. The maximum atomic E-state index is 13.4. The number of esters is 1.